The number of nitrogens with one attached hydrogen (secondary N) is 2. The van der Waals surface area contributed by atoms with Crippen molar-refractivity contribution in [3.63, 3.8) is 0 Å². The van der Waals surface area contributed by atoms with E-state index < -0.39 is 0 Å². The molecule has 0 radical (unpaired) electrons. The van der Waals surface area contributed by atoms with Crippen molar-refractivity contribution >= 4 is 11.7 Å². The topological polar surface area (TPSA) is 59.6 Å². The number of benzene rings is 2. The maximum Gasteiger partial charge on any atom is 0.319 e. The highest BCUT2D eigenvalue weighted by Gasteiger charge is 2.13. The first-order valence-electron chi connectivity index (χ1n) is 7.63. The van der Waals surface area contributed by atoms with Crippen molar-refractivity contribution in [2.75, 3.05) is 18.7 Å². The fraction of sp³-hybridized carbons (Fsp3) is 0.278. The number of fused-ring (bicyclic) bond motifs is 1. The minimum atomic E-state index is -0.192. The molecule has 23 heavy (non-hydrogen) atoms. The minimum Gasteiger partial charge on any atom is -0.454 e. The summed E-state index contributed by atoms with van der Waals surface area (Å²) in [5.41, 5.74) is 4.07. The van der Waals surface area contributed by atoms with Gasteiger partial charge in [0.25, 0.3) is 0 Å². The van der Waals surface area contributed by atoms with E-state index in [1.807, 2.05) is 50.2 Å². The van der Waals surface area contributed by atoms with Crippen LogP contribution in [0.15, 0.2) is 36.4 Å². The molecule has 2 aromatic carbocycles. The summed E-state index contributed by atoms with van der Waals surface area (Å²) in [4.78, 5) is 12.0. The zero-order chi connectivity index (χ0) is 16.2. The maximum absolute atomic E-state index is 12.0. The van der Waals surface area contributed by atoms with Crippen LogP contribution in [-0.2, 0) is 6.42 Å². The van der Waals surface area contributed by atoms with Gasteiger partial charge < -0.3 is 20.1 Å². The second-order valence-electron chi connectivity index (χ2n) is 5.59. The molecule has 3 rings (SSSR count). The Balaban J connectivity index is 1.51. The number of ether oxygens (including phenoxy) is 2. The van der Waals surface area contributed by atoms with Gasteiger partial charge in [0.1, 0.15) is 0 Å². The molecular weight excluding hydrogens is 292 g/mol. The Bertz CT molecular complexity index is 708. The predicted octanol–water partition coefficient (Wildman–Crippen LogP) is 3.40. The molecule has 0 aliphatic carbocycles. The molecule has 0 atom stereocenters. The molecule has 0 aromatic heterocycles. The minimum absolute atomic E-state index is 0.192. The van der Waals surface area contributed by atoms with Crippen LogP contribution < -0.4 is 20.1 Å². The van der Waals surface area contributed by atoms with Gasteiger partial charge in [0.15, 0.2) is 11.5 Å². The van der Waals surface area contributed by atoms with Crippen molar-refractivity contribution in [2.24, 2.45) is 0 Å². The number of para-hydroxylation sites is 1. The number of carbonyl (C=O) groups excluding carboxylic acids is 1. The lowest BCUT2D eigenvalue weighted by atomic mass is 10.1. The number of rotatable bonds is 4. The third-order valence-corrected chi connectivity index (χ3v) is 3.86. The highest BCUT2D eigenvalue weighted by atomic mass is 16.7. The third kappa shape index (κ3) is 3.56. The number of urea groups is 1. The van der Waals surface area contributed by atoms with Crippen molar-refractivity contribution in [3.8, 4) is 11.5 Å². The van der Waals surface area contributed by atoms with E-state index in [1.54, 1.807) is 0 Å². The fourth-order valence-electron chi connectivity index (χ4n) is 2.59. The SMILES string of the molecule is Cc1cccc(C)c1NC(=O)NCCc1ccc2c(c1)OCO2. The Morgan fingerprint density at radius 1 is 1.09 bits per heavy atom. The molecule has 0 bridgehead atoms. The number of anilines is 1. The Hall–Kier alpha value is -2.69. The maximum atomic E-state index is 12.0. The lowest BCUT2D eigenvalue weighted by molar-refractivity contribution is 0.174. The summed E-state index contributed by atoms with van der Waals surface area (Å²) in [6, 6.07) is 11.6. The summed E-state index contributed by atoms with van der Waals surface area (Å²) in [5, 5.41) is 5.79. The average molecular weight is 312 g/mol. The summed E-state index contributed by atoms with van der Waals surface area (Å²) < 4.78 is 10.6. The van der Waals surface area contributed by atoms with Crippen molar-refractivity contribution in [1.82, 2.24) is 5.32 Å². The smallest absolute Gasteiger partial charge is 0.319 e. The van der Waals surface area contributed by atoms with E-state index in [4.69, 9.17) is 9.47 Å². The summed E-state index contributed by atoms with van der Waals surface area (Å²) in [6.07, 6.45) is 0.733. The molecule has 1 aliphatic rings. The zero-order valence-corrected chi connectivity index (χ0v) is 13.3. The van der Waals surface area contributed by atoms with Gasteiger partial charge in [-0.05, 0) is 49.1 Å². The van der Waals surface area contributed by atoms with Gasteiger partial charge in [-0.1, -0.05) is 24.3 Å². The zero-order valence-electron chi connectivity index (χ0n) is 13.3. The number of aryl methyl sites for hydroxylation is 2. The van der Waals surface area contributed by atoms with E-state index in [9.17, 15) is 4.79 Å². The van der Waals surface area contributed by atoms with Crippen molar-refractivity contribution in [3.05, 3.63) is 53.1 Å². The fourth-order valence-corrected chi connectivity index (χ4v) is 2.59. The molecule has 0 unspecified atom stereocenters. The van der Waals surface area contributed by atoms with Crippen molar-refractivity contribution < 1.29 is 14.3 Å². The van der Waals surface area contributed by atoms with E-state index >= 15 is 0 Å². The van der Waals surface area contributed by atoms with E-state index in [1.165, 1.54) is 0 Å². The second-order valence-corrected chi connectivity index (χ2v) is 5.59. The summed E-state index contributed by atoms with van der Waals surface area (Å²) in [7, 11) is 0. The highest BCUT2D eigenvalue weighted by molar-refractivity contribution is 5.90. The summed E-state index contributed by atoms with van der Waals surface area (Å²) in [5.74, 6) is 1.54. The van der Waals surface area contributed by atoms with Gasteiger partial charge in [-0.15, -0.1) is 0 Å². The standard InChI is InChI=1S/C18H20N2O3/c1-12-4-3-5-13(2)17(12)20-18(21)19-9-8-14-6-7-15-16(10-14)23-11-22-15/h3-7,10H,8-9,11H2,1-2H3,(H2,19,20,21). The van der Waals surface area contributed by atoms with Gasteiger partial charge in [0.05, 0.1) is 0 Å². The normalized spacial score (nSPS) is 12.1. The molecule has 5 nitrogen and oxygen atoms in total. The number of carbonyl (C=O) groups is 1. The first-order chi connectivity index (χ1) is 11.1. The monoisotopic (exact) mass is 312 g/mol. The van der Waals surface area contributed by atoms with Crippen LogP contribution in [-0.4, -0.2) is 19.4 Å². The van der Waals surface area contributed by atoms with Crippen LogP contribution >= 0.6 is 0 Å². The van der Waals surface area contributed by atoms with Crippen molar-refractivity contribution in [2.45, 2.75) is 20.3 Å². The molecule has 1 aliphatic heterocycles. The Morgan fingerprint density at radius 3 is 2.61 bits per heavy atom. The van der Waals surface area contributed by atoms with Crippen LogP contribution in [0.4, 0.5) is 10.5 Å². The Labute approximate surface area is 135 Å². The van der Waals surface area contributed by atoms with Gasteiger partial charge >= 0.3 is 6.03 Å². The molecule has 0 spiro atoms. The molecule has 5 heteroatoms. The summed E-state index contributed by atoms with van der Waals surface area (Å²) in [6.45, 7) is 4.79. The Kier molecular flexibility index (Phi) is 4.37. The average Bonchev–Trinajstić information content (AvgIpc) is 2.99. The predicted molar refractivity (Wildman–Crippen MR) is 89.2 cm³/mol. The van der Waals surface area contributed by atoms with Crippen LogP contribution in [0.5, 0.6) is 11.5 Å². The van der Waals surface area contributed by atoms with Crippen LogP contribution in [0, 0.1) is 13.8 Å². The lowest BCUT2D eigenvalue weighted by Crippen LogP contribution is -2.31. The Morgan fingerprint density at radius 2 is 1.83 bits per heavy atom. The molecule has 0 fully saturated rings. The quantitative estimate of drug-likeness (QED) is 0.909. The summed E-state index contributed by atoms with van der Waals surface area (Å²) >= 11 is 0. The molecule has 0 saturated carbocycles. The molecule has 2 N–H and O–H groups in total. The van der Waals surface area contributed by atoms with E-state index in [0.29, 0.717) is 6.54 Å². The molecule has 2 amide bonds. The molecule has 0 saturated heterocycles. The van der Waals surface area contributed by atoms with Gasteiger partial charge in [0.2, 0.25) is 6.79 Å². The number of amides is 2. The van der Waals surface area contributed by atoms with Crippen LogP contribution in [0.1, 0.15) is 16.7 Å². The molecule has 1 heterocycles. The lowest BCUT2D eigenvalue weighted by Gasteiger charge is -2.12. The highest BCUT2D eigenvalue weighted by Crippen LogP contribution is 2.32. The van der Waals surface area contributed by atoms with Gasteiger partial charge in [-0.25, -0.2) is 4.79 Å². The van der Waals surface area contributed by atoms with E-state index in [-0.39, 0.29) is 12.8 Å². The van der Waals surface area contributed by atoms with Crippen molar-refractivity contribution in [1.29, 1.82) is 0 Å². The third-order valence-electron chi connectivity index (χ3n) is 3.86. The van der Waals surface area contributed by atoms with E-state index in [2.05, 4.69) is 10.6 Å². The van der Waals surface area contributed by atoms with Crippen LogP contribution in [0.3, 0.4) is 0 Å². The van der Waals surface area contributed by atoms with Gasteiger partial charge in [-0.2, -0.15) is 0 Å². The van der Waals surface area contributed by atoms with Gasteiger partial charge in [-0.3, -0.25) is 0 Å². The molecular formula is C18H20N2O3. The van der Waals surface area contributed by atoms with E-state index in [0.717, 1.165) is 40.3 Å². The second kappa shape index (κ2) is 6.60. The van der Waals surface area contributed by atoms with Crippen LogP contribution in [0.2, 0.25) is 0 Å². The first kappa shape index (κ1) is 15.2. The molecule has 2 aromatic rings. The first-order valence-corrected chi connectivity index (χ1v) is 7.63. The van der Waals surface area contributed by atoms with Crippen LogP contribution in [0.25, 0.3) is 0 Å². The number of hydrogen-bond donors (Lipinski definition) is 2. The van der Waals surface area contributed by atoms with Gasteiger partial charge in [0, 0.05) is 12.2 Å². The number of hydrogen-bond acceptors (Lipinski definition) is 3. The largest absolute Gasteiger partial charge is 0.454 e. The molecule has 120 valence electrons.